The Bertz CT molecular complexity index is 814. The number of carbonyl (C=O) groups excluding carboxylic acids is 2. The van der Waals surface area contributed by atoms with Gasteiger partial charge in [-0.05, 0) is 67.4 Å². The molecule has 0 spiro atoms. The van der Waals surface area contributed by atoms with Gasteiger partial charge < -0.3 is 20.7 Å². The van der Waals surface area contributed by atoms with Crippen LogP contribution in [0.4, 0.5) is 11.4 Å². The molecule has 6 heteroatoms. The quantitative estimate of drug-likeness (QED) is 0.393. The molecule has 2 aromatic carbocycles. The molecule has 0 fully saturated rings. The number of anilines is 2. The molecule has 0 unspecified atom stereocenters. The molecule has 2 amide bonds. The number of rotatable bonds is 11. The van der Waals surface area contributed by atoms with E-state index in [1.54, 1.807) is 24.3 Å². The van der Waals surface area contributed by atoms with E-state index in [1.165, 1.54) is 0 Å². The zero-order valence-corrected chi connectivity index (χ0v) is 17.1. The van der Waals surface area contributed by atoms with Crippen molar-refractivity contribution in [3.8, 4) is 5.75 Å². The Morgan fingerprint density at radius 2 is 1.66 bits per heavy atom. The summed E-state index contributed by atoms with van der Waals surface area (Å²) in [6.07, 6.45) is 1.99. The Hall–Kier alpha value is -3.28. The molecular weight excluding hydrogens is 366 g/mol. The molecule has 0 bridgehead atoms. The van der Waals surface area contributed by atoms with Crippen molar-refractivity contribution >= 4 is 23.2 Å². The van der Waals surface area contributed by atoms with Crippen LogP contribution in [-0.2, 0) is 4.79 Å². The molecule has 0 saturated heterocycles. The third kappa shape index (κ3) is 8.09. The number of nitrogens with one attached hydrogen (secondary N) is 3. The summed E-state index contributed by atoms with van der Waals surface area (Å²) in [5, 5.41) is 8.74. The first-order valence-corrected chi connectivity index (χ1v) is 9.77. The second kappa shape index (κ2) is 11.5. The second-order valence-electron chi connectivity index (χ2n) is 6.86. The largest absolute Gasteiger partial charge is 0.489 e. The van der Waals surface area contributed by atoms with Crippen LogP contribution in [0.5, 0.6) is 5.75 Å². The first-order valence-electron chi connectivity index (χ1n) is 9.77. The Labute approximate surface area is 172 Å². The monoisotopic (exact) mass is 395 g/mol. The molecule has 3 N–H and O–H groups in total. The maximum Gasteiger partial charge on any atom is 0.251 e. The minimum Gasteiger partial charge on any atom is -0.489 e. The van der Waals surface area contributed by atoms with E-state index in [9.17, 15) is 9.59 Å². The number of carbonyl (C=O) groups is 2. The summed E-state index contributed by atoms with van der Waals surface area (Å²) in [5.74, 6) is 0.475. The van der Waals surface area contributed by atoms with Crippen LogP contribution in [0, 0.1) is 0 Å². The van der Waals surface area contributed by atoms with E-state index in [2.05, 4.69) is 29.5 Å². The summed E-state index contributed by atoms with van der Waals surface area (Å²) in [6.45, 7) is 9.06. The van der Waals surface area contributed by atoms with Crippen LogP contribution in [0.3, 0.4) is 0 Å². The van der Waals surface area contributed by atoms with Gasteiger partial charge in [0.25, 0.3) is 5.91 Å². The van der Waals surface area contributed by atoms with Gasteiger partial charge in [-0.15, -0.1) is 0 Å². The lowest BCUT2D eigenvalue weighted by Gasteiger charge is -2.10. The molecule has 0 heterocycles. The van der Waals surface area contributed by atoms with Crippen LogP contribution < -0.4 is 20.7 Å². The maximum atomic E-state index is 12.1. The Kier molecular flexibility index (Phi) is 8.76. The molecule has 6 nitrogen and oxygen atoms in total. The fraction of sp³-hybridized carbons (Fsp3) is 0.304. The molecule has 2 rings (SSSR count). The molecule has 0 aliphatic heterocycles. The van der Waals surface area contributed by atoms with E-state index < -0.39 is 0 Å². The fourth-order valence-corrected chi connectivity index (χ4v) is 2.45. The lowest BCUT2D eigenvalue weighted by molar-refractivity contribution is -0.114. The third-order valence-corrected chi connectivity index (χ3v) is 4.04. The highest BCUT2D eigenvalue weighted by atomic mass is 16.5. The number of unbranched alkanes of at least 4 members (excludes halogenated alkanes) is 1. The standard InChI is InChI=1S/C23H29N3O3/c1-4-5-14-24-23(28)18-6-8-20(9-7-18)26-22(27)15-25-19-10-12-21(13-11-19)29-16-17(2)3/h6-13,25H,2,4-5,14-16H2,1,3H3,(H,24,28)(H,26,27). The highest BCUT2D eigenvalue weighted by Crippen LogP contribution is 2.16. The number of hydrogen-bond acceptors (Lipinski definition) is 4. The van der Waals surface area contributed by atoms with Gasteiger partial charge in [0.05, 0.1) is 6.54 Å². The van der Waals surface area contributed by atoms with Crippen molar-refractivity contribution in [1.82, 2.24) is 5.32 Å². The summed E-state index contributed by atoms with van der Waals surface area (Å²) in [6, 6.07) is 14.2. The molecule has 0 radical (unpaired) electrons. The van der Waals surface area contributed by atoms with Gasteiger partial charge in [0.2, 0.25) is 5.91 Å². The average Bonchev–Trinajstić information content (AvgIpc) is 2.72. The van der Waals surface area contributed by atoms with Crippen molar-refractivity contribution in [2.75, 3.05) is 30.3 Å². The number of amides is 2. The van der Waals surface area contributed by atoms with Crippen LogP contribution in [0.1, 0.15) is 37.0 Å². The Balaban J connectivity index is 1.77. The van der Waals surface area contributed by atoms with Gasteiger partial charge in [0, 0.05) is 23.5 Å². The van der Waals surface area contributed by atoms with E-state index in [4.69, 9.17) is 4.74 Å². The summed E-state index contributed by atoms with van der Waals surface area (Å²) in [4.78, 5) is 24.1. The van der Waals surface area contributed by atoms with E-state index in [1.807, 2.05) is 31.2 Å². The van der Waals surface area contributed by atoms with E-state index >= 15 is 0 Å². The van der Waals surface area contributed by atoms with Crippen molar-refractivity contribution in [2.45, 2.75) is 26.7 Å². The van der Waals surface area contributed by atoms with Crippen LogP contribution >= 0.6 is 0 Å². The third-order valence-electron chi connectivity index (χ3n) is 4.04. The van der Waals surface area contributed by atoms with Crippen molar-refractivity contribution in [3.05, 3.63) is 66.2 Å². The summed E-state index contributed by atoms with van der Waals surface area (Å²) < 4.78 is 5.55. The van der Waals surface area contributed by atoms with E-state index in [-0.39, 0.29) is 18.4 Å². The molecule has 29 heavy (non-hydrogen) atoms. The zero-order chi connectivity index (χ0) is 21.1. The molecule has 2 aromatic rings. The van der Waals surface area contributed by atoms with Gasteiger partial charge in [-0.2, -0.15) is 0 Å². The Morgan fingerprint density at radius 3 is 2.28 bits per heavy atom. The minimum atomic E-state index is -0.173. The predicted molar refractivity (Wildman–Crippen MR) is 118 cm³/mol. The van der Waals surface area contributed by atoms with Crippen LogP contribution in [0.2, 0.25) is 0 Å². The highest BCUT2D eigenvalue weighted by molar-refractivity contribution is 5.96. The Morgan fingerprint density at radius 1 is 1.00 bits per heavy atom. The molecule has 0 aromatic heterocycles. The van der Waals surface area contributed by atoms with Gasteiger partial charge in [-0.1, -0.05) is 19.9 Å². The van der Waals surface area contributed by atoms with E-state index in [0.29, 0.717) is 24.4 Å². The van der Waals surface area contributed by atoms with Crippen LogP contribution in [0.15, 0.2) is 60.7 Å². The molecule has 0 aliphatic carbocycles. The van der Waals surface area contributed by atoms with Gasteiger partial charge >= 0.3 is 0 Å². The van der Waals surface area contributed by atoms with Gasteiger partial charge in [-0.25, -0.2) is 0 Å². The topological polar surface area (TPSA) is 79.5 Å². The van der Waals surface area contributed by atoms with Crippen molar-refractivity contribution in [2.24, 2.45) is 0 Å². The van der Waals surface area contributed by atoms with Crippen molar-refractivity contribution in [1.29, 1.82) is 0 Å². The van der Waals surface area contributed by atoms with Crippen molar-refractivity contribution < 1.29 is 14.3 Å². The fourth-order valence-electron chi connectivity index (χ4n) is 2.45. The lowest BCUT2D eigenvalue weighted by Crippen LogP contribution is -2.24. The average molecular weight is 396 g/mol. The van der Waals surface area contributed by atoms with Gasteiger partial charge in [0.15, 0.2) is 0 Å². The number of benzene rings is 2. The molecular formula is C23H29N3O3. The molecule has 0 saturated carbocycles. The van der Waals surface area contributed by atoms with Gasteiger partial charge in [-0.3, -0.25) is 9.59 Å². The molecule has 0 atom stereocenters. The number of hydrogen-bond donors (Lipinski definition) is 3. The minimum absolute atomic E-state index is 0.103. The lowest BCUT2D eigenvalue weighted by atomic mass is 10.2. The second-order valence-corrected chi connectivity index (χ2v) is 6.86. The van der Waals surface area contributed by atoms with E-state index in [0.717, 1.165) is 29.9 Å². The summed E-state index contributed by atoms with van der Waals surface area (Å²) in [5.41, 5.74) is 2.99. The van der Waals surface area contributed by atoms with Crippen LogP contribution in [0.25, 0.3) is 0 Å². The number of ether oxygens (including phenoxy) is 1. The van der Waals surface area contributed by atoms with Gasteiger partial charge in [0.1, 0.15) is 12.4 Å². The molecule has 154 valence electrons. The normalized spacial score (nSPS) is 10.1. The first kappa shape index (κ1) is 22.0. The highest BCUT2D eigenvalue weighted by Gasteiger charge is 2.06. The first-order chi connectivity index (χ1) is 14.0. The SMILES string of the molecule is C=C(C)COc1ccc(NCC(=O)Nc2ccc(C(=O)NCCCC)cc2)cc1. The predicted octanol–water partition coefficient (Wildman–Crippen LogP) is 4.22. The maximum absolute atomic E-state index is 12.1. The van der Waals surface area contributed by atoms with Crippen LogP contribution in [-0.4, -0.2) is 31.5 Å². The van der Waals surface area contributed by atoms with Crippen molar-refractivity contribution in [3.63, 3.8) is 0 Å². The molecule has 0 aliphatic rings. The smallest absolute Gasteiger partial charge is 0.251 e. The summed E-state index contributed by atoms with van der Waals surface area (Å²) >= 11 is 0. The summed E-state index contributed by atoms with van der Waals surface area (Å²) in [7, 11) is 0. The zero-order valence-electron chi connectivity index (χ0n) is 17.1.